The molecule has 2 aromatic carbocycles. The second-order valence-corrected chi connectivity index (χ2v) is 11.5. The van der Waals surface area contributed by atoms with Crippen molar-refractivity contribution < 1.29 is 9.90 Å². The van der Waals surface area contributed by atoms with Gasteiger partial charge >= 0.3 is 5.97 Å². The molecule has 0 bridgehead atoms. The van der Waals surface area contributed by atoms with E-state index in [1.165, 1.54) is 36.8 Å². The molecule has 2 atom stereocenters. The first-order valence-corrected chi connectivity index (χ1v) is 11.8. The number of fused-ring (bicyclic) bond motifs is 2. The van der Waals surface area contributed by atoms with E-state index in [-0.39, 0.29) is 16.2 Å². The van der Waals surface area contributed by atoms with Crippen molar-refractivity contribution in [3.63, 3.8) is 0 Å². The van der Waals surface area contributed by atoms with Gasteiger partial charge in [0.15, 0.2) is 0 Å². The smallest absolute Gasteiger partial charge is 0.335 e. The molecule has 1 N–H and O–H groups in total. The second-order valence-electron chi connectivity index (χ2n) is 11.5. The zero-order chi connectivity index (χ0) is 22.2. The Kier molecular flexibility index (Phi) is 4.36. The molecule has 3 aliphatic carbocycles. The highest BCUT2D eigenvalue weighted by Gasteiger charge is 2.61. The summed E-state index contributed by atoms with van der Waals surface area (Å²) in [6.45, 7) is 11.9. The van der Waals surface area contributed by atoms with E-state index in [4.69, 9.17) is 0 Å². The summed E-state index contributed by atoms with van der Waals surface area (Å²) in [6.07, 6.45) is 8.50. The molecule has 0 amide bonds. The van der Waals surface area contributed by atoms with Gasteiger partial charge in [0.05, 0.1) is 5.56 Å². The summed E-state index contributed by atoms with van der Waals surface area (Å²) in [5.74, 6) is -0.109. The van der Waals surface area contributed by atoms with Gasteiger partial charge in [0.1, 0.15) is 0 Å². The molecule has 2 nitrogen and oxygen atoms in total. The lowest BCUT2D eigenvalue weighted by atomic mass is 9.62. The fraction of sp³-hybridized carbons (Fsp3) is 0.483. The molecule has 0 aliphatic heterocycles. The van der Waals surface area contributed by atoms with Gasteiger partial charge in [0, 0.05) is 5.41 Å². The third-order valence-corrected chi connectivity index (χ3v) is 8.62. The first-order chi connectivity index (χ1) is 14.5. The predicted octanol–water partition coefficient (Wildman–Crippen LogP) is 7.18. The Morgan fingerprint density at radius 2 is 1.58 bits per heavy atom. The first-order valence-electron chi connectivity index (χ1n) is 11.8. The van der Waals surface area contributed by atoms with E-state index in [9.17, 15) is 9.90 Å². The fourth-order valence-electron chi connectivity index (χ4n) is 6.45. The lowest BCUT2D eigenvalue weighted by Crippen LogP contribution is -2.34. The van der Waals surface area contributed by atoms with Crippen LogP contribution in [0.4, 0.5) is 0 Å². The number of hydrogen-bond donors (Lipinski definition) is 1. The number of hydrogen-bond acceptors (Lipinski definition) is 1. The lowest BCUT2D eigenvalue weighted by molar-refractivity contribution is 0.0697. The molecule has 0 spiro atoms. The van der Waals surface area contributed by atoms with Crippen LogP contribution in [0.1, 0.15) is 98.0 Å². The molecule has 0 radical (unpaired) electrons. The van der Waals surface area contributed by atoms with Crippen molar-refractivity contribution in [3.05, 3.63) is 75.4 Å². The monoisotopic (exact) mass is 414 g/mol. The van der Waals surface area contributed by atoms with E-state index < -0.39 is 5.97 Å². The van der Waals surface area contributed by atoms with E-state index in [0.717, 1.165) is 17.9 Å². The zero-order valence-electron chi connectivity index (χ0n) is 19.5. The molecule has 2 saturated carbocycles. The van der Waals surface area contributed by atoms with Crippen molar-refractivity contribution in [3.8, 4) is 0 Å². The summed E-state index contributed by atoms with van der Waals surface area (Å²) >= 11 is 0. The van der Waals surface area contributed by atoms with E-state index in [1.54, 1.807) is 28.8 Å². The van der Waals surface area contributed by atoms with Crippen LogP contribution in [0, 0.1) is 12.8 Å². The minimum atomic E-state index is -0.867. The summed E-state index contributed by atoms with van der Waals surface area (Å²) < 4.78 is 0. The number of benzene rings is 2. The van der Waals surface area contributed by atoms with Gasteiger partial charge in [0.2, 0.25) is 0 Å². The fourth-order valence-corrected chi connectivity index (χ4v) is 6.45. The van der Waals surface area contributed by atoms with Crippen molar-refractivity contribution in [2.75, 3.05) is 0 Å². The molecule has 3 aliphatic rings. The molecule has 0 saturated heterocycles. The van der Waals surface area contributed by atoms with Crippen LogP contribution in [0.5, 0.6) is 0 Å². The Labute approximate surface area is 186 Å². The van der Waals surface area contributed by atoms with Gasteiger partial charge in [-0.1, -0.05) is 63.6 Å². The summed E-state index contributed by atoms with van der Waals surface area (Å²) in [5.41, 5.74) is 9.77. The number of carboxylic acid groups (broad SMARTS) is 1. The molecular formula is C29H34O2. The lowest BCUT2D eigenvalue weighted by Gasteiger charge is -2.43. The average molecular weight is 415 g/mol. The Morgan fingerprint density at radius 1 is 0.968 bits per heavy atom. The van der Waals surface area contributed by atoms with Crippen LogP contribution in [-0.4, -0.2) is 11.1 Å². The van der Waals surface area contributed by atoms with Crippen LogP contribution in [0.25, 0.3) is 6.08 Å². The SMILES string of the molecule is Cc1cc2c(cc1C13CC1CCC3=Cc1ccc(C(=O)O)cc1)C(C)(C)CCC2(C)C. The Balaban J connectivity index is 1.59. The molecule has 2 unspecified atom stereocenters. The maximum atomic E-state index is 11.2. The molecule has 2 fully saturated rings. The maximum absolute atomic E-state index is 11.2. The normalized spacial score (nSPS) is 28.8. The Hall–Kier alpha value is -2.35. The van der Waals surface area contributed by atoms with Gasteiger partial charge in [-0.15, -0.1) is 0 Å². The molecule has 5 rings (SSSR count). The zero-order valence-corrected chi connectivity index (χ0v) is 19.5. The number of carboxylic acids is 1. The molecule has 162 valence electrons. The number of carbonyl (C=O) groups is 1. The highest BCUT2D eigenvalue weighted by molar-refractivity contribution is 5.87. The average Bonchev–Trinajstić information content (AvgIpc) is 3.34. The van der Waals surface area contributed by atoms with Crippen LogP contribution < -0.4 is 0 Å². The van der Waals surface area contributed by atoms with Gasteiger partial charge in [0.25, 0.3) is 0 Å². The second kappa shape index (κ2) is 6.58. The van der Waals surface area contributed by atoms with Gasteiger partial charge < -0.3 is 5.11 Å². The van der Waals surface area contributed by atoms with Gasteiger partial charge in [-0.05, 0) is 95.7 Å². The summed E-state index contributed by atoms with van der Waals surface area (Å²) in [5, 5.41) is 9.19. The summed E-state index contributed by atoms with van der Waals surface area (Å²) in [4.78, 5) is 11.2. The third-order valence-electron chi connectivity index (χ3n) is 8.62. The maximum Gasteiger partial charge on any atom is 0.335 e. The topological polar surface area (TPSA) is 37.3 Å². The number of aromatic carboxylic acids is 1. The molecule has 0 heterocycles. The van der Waals surface area contributed by atoms with Crippen LogP contribution in [0.15, 0.2) is 42.0 Å². The van der Waals surface area contributed by atoms with Gasteiger partial charge in [-0.3, -0.25) is 0 Å². The summed E-state index contributed by atoms with van der Waals surface area (Å²) in [7, 11) is 0. The first kappa shape index (κ1) is 20.5. The van der Waals surface area contributed by atoms with Crippen molar-refractivity contribution in [2.45, 2.75) is 83.0 Å². The molecule has 31 heavy (non-hydrogen) atoms. The summed E-state index contributed by atoms with van der Waals surface area (Å²) in [6, 6.07) is 12.4. The number of rotatable bonds is 3. The third kappa shape index (κ3) is 3.10. The van der Waals surface area contributed by atoms with Crippen LogP contribution in [0.3, 0.4) is 0 Å². The molecule has 2 heteroatoms. The van der Waals surface area contributed by atoms with Crippen molar-refractivity contribution in [2.24, 2.45) is 5.92 Å². The van der Waals surface area contributed by atoms with Crippen molar-refractivity contribution in [1.82, 2.24) is 0 Å². The molecule has 2 aromatic rings. The minimum absolute atomic E-state index is 0.197. The quantitative estimate of drug-likeness (QED) is 0.578. The van der Waals surface area contributed by atoms with Gasteiger partial charge in [-0.25, -0.2) is 4.79 Å². The highest BCUT2D eigenvalue weighted by Crippen LogP contribution is 2.68. The minimum Gasteiger partial charge on any atom is -0.478 e. The predicted molar refractivity (Wildman–Crippen MR) is 127 cm³/mol. The van der Waals surface area contributed by atoms with E-state index in [1.807, 2.05) is 12.1 Å². The van der Waals surface area contributed by atoms with E-state index >= 15 is 0 Å². The number of allylic oxidation sites excluding steroid dienone is 1. The van der Waals surface area contributed by atoms with E-state index in [2.05, 4.69) is 52.8 Å². The largest absolute Gasteiger partial charge is 0.478 e. The van der Waals surface area contributed by atoms with Crippen LogP contribution >= 0.6 is 0 Å². The Bertz CT molecular complexity index is 1100. The standard InChI is InChI=1S/C29H34O2/c1-18-14-24-25(28(4,5)13-12-27(24,2)3)16-23(18)29-17-22(29)11-10-21(29)15-19-6-8-20(9-7-19)26(30)31/h6-9,14-16,22H,10-13,17H2,1-5H3,(H,30,31). The van der Waals surface area contributed by atoms with Crippen molar-refractivity contribution >= 4 is 12.0 Å². The van der Waals surface area contributed by atoms with Crippen molar-refractivity contribution in [1.29, 1.82) is 0 Å². The van der Waals surface area contributed by atoms with Crippen LogP contribution in [-0.2, 0) is 16.2 Å². The Morgan fingerprint density at radius 3 is 2.16 bits per heavy atom. The van der Waals surface area contributed by atoms with Crippen LogP contribution in [0.2, 0.25) is 0 Å². The molecular weight excluding hydrogens is 380 g/mol. The van der Waals surface area contributed by atoms with E-state index in [0.29, 0.717) is 5.56 Å². The van der Waals surface area contributed by atoms with Gasteiger partial charge in [-0.2, -0.15) is 0 Å². The highest BCUT2D eigenvalue weighted by atomic mass is 16.4. The molecule has 0 aromatic heterocycles. The number of aryl methyl sites for hydroxylation is 1.